The molecule has 2 aromatic carbocycles. The Morgan fingerprint density at radius 2 is 1.88 bits per heavy atom. The second-order valence-corrected chi connectivity index (χ2v) is 6.99. The van der Waals surface area contributed by atoms with Crippen molar-refractivity contribution in [2.75, 3.05) is 26.1 Å². The van der Waals surface area contributed by atoms with E-state index in [-0.39, 0.29) is 5.56 Å². The summed E-state index contributed by atoms with van der Waals surface area (Å²) in [5.41, 5.74) is 2.54. The van der Waals surface area contributed by atoms with E-state index in [9.17, 15) is 4.79 Å². The number of anilines is 1. The quantitative estimate of drug-likeness (QED) is 0.565. The lowest BCUT2D eigenvalue weighted by Gasteiger charge is -2.13. The second-order valence-electron chi connectivity index (χ2n) is 5.94. The van der Waals surface area contributed by atoms with Gasteiger partial charge >= 0.3 is 0 Å². The lowest BCUT2D eigenvalue weighted by atomic mass is 10.2. The molecule has 0 saturated heterocycles. The number of hydrogen-bond acceptors (Lipinski definition) is 5. The van der Waals surface area contributed by atoms with E-state index >= 15 is 0 Å². The summed E-state index contributed by atoms with van der Waals surface area (Å²) in [7, 11) is 5.61. The third-order valence-electron chi connectivity index (χ3n) is 4.22. The minimum Gasteiger partial charge on any atom is -0.497 e. The highest BCUT2D eigenvalue weighted by molar-refractivity contribution is 7.25. The Balaban J connectivity index is 1.98. The van der Waals surface area contributed by atoms with Crippen LogP contribution in [-0.2, 0) is 0 Å². The molecule has 0 radical (unpaired) electrons. The lowest BCUT2D eigenvalue weighted by molar-refractivity contribution is 0.414. The van der Waals surface area contributed by atoms with Crippen molar-refractivity contribution in [1.82, 2.24) is 9.55 Å². The van der Waals surface area contributed by atoms with Crippen molar-refractivity contribution in [2.24, 2.45) is 0 Å². The number of hydrogen-bond donors (Lipinski definition) is 0. The lowest BCUT2D eigenvalue weighted by Crippen LogP contribution is -2.17. The largest absolute Gasteiger partial charge is 0.497 e. The van der Waals surface area contributed by atoms with Crippen LogP contribution in [0, 0.1) is 0 Å². The number of fused-ring (bicyclic) bond motifs is 3. The molecule has 25 heavy (non-hydrogen) atoms. The number of thiophene rings is 1. The molecular weight excluding hydrogens is 334 g/mol. The highest BCUT2D eigenvalue weighted by Gasteiger charge is 2.15. The summed E-state index contributed by atoms with van der Waals surface area (Å²) in [6.07, 6.45) is 1.60. The molecule has 0 unspecified atom stereocenters. The summed E-state index contributed by atoms with van der Waals surface area (Å²) in [6, 6.07) is 13.5. The van der Waals surface area contributed by atoms with Crippen LogP contribution in [0.4, 0.5) is 5.69 Å². The van der Waals surface area contributed by atoms with E-state index in [1.54, 1.807) is 18.0 Å². The number of benzene rings is 2. The van der Waals surface area contributed by atoms with Crippen molar-refractivity contribution in [3.8, 4) is 11.4 Å². The fourth-order valence-electron chi connectivity index (χ4n) is 2.96. The van der Waals surface area contributed by atoms with Crippen molar-refractivity contribution < 1.29 is 4.74 Å². The van der Waals surface area contributed by atoms with Gasteiger partial charge < -0.3 is 9.64 Å². The summed E-state index contributed by atoms with van der Waals surface area (Å²) < 4.78 is 8.49. The molecule has 0 aliphatic carbocycles. The van der Waals surface area contributed by atoms with Crippen molar-refractivity contribution >= 4 is 37.3 Å². The number of ether oxygens (including phenoxy) is 1. The van der Waals surface area contributed by atoms with Gasteiger partial charge in [0.2, 0.25) is 0 Å². The van der Waals surface area contributed by atoms with E-state index in [4.69, 9.17) is 4.74 Å². The maximum absolute atomic E-state index is 13.0. The summed E-state index contributed by atoms with van der Waals surface area (Å²) in [4.78, 5) is 19.7. The maximum Gasteiger partial charge on any atom is 0.275 e. The fourth-order valence-corrected chi connectivity index (χ4v) is 4.07. The Hall–Kier alpha value is -2.86. The monoisotopic (exact) mass is 351 g/mol. The molecule has 126 valence electrons. The van der Waals surface area contributed by atoms with Crippen molar-refractivity contribution in [3.63, 3.8) is 0 Å². The summed E-state index contributed by atoms with van der Waals surface area (Å²) >= 11 is 1.49. The van der Waals surface area contributed by atoms with Gasteiger partial charge in [0.25, 0.3) is 5.56 Å². The molecule has 4 rings (SSSR count). The van der Waals surface area contributed by atoms with Gasteiger partial charge in [0.1, 0.15) is 16.8 Å². The minimum atomic E-state index is -0.0546. The molecular formula is C19H17N3O2S. The molecule has 0 saturated carbocycles. The molecule has 0 N–H and O–H groups in total. The molecule has 4 aromatic rings. The molecule has 0 amide bonds. The first-order valence-corrected chi connectivity index (χ1v) is 8.66. The molecule has 2 aromatic heterocycles. The Bertz CT molecular complexity index is 1130. The smallest absolute Gasteiger partial charge is 0.275 e. The van der Waals surface area contributed by atoms with Gasteiger partial charge in [-0.15, -0.1) is 11.3 Å². The van der Waals surface area contributed by atoms with Gasteiger partial charge in [-0.25, -0.2) is 4.98 Å². The first-order valence-electron chi connectivity index (χ1n) is 7.85. The maximum atomic E-state index is 13.0. The molecule has 0 atom stereocenters. The van der Waals surface area contributed by atoms with Crippen molar-refractivity contribution in [1.29, 1.82) is 0 Å². The minimum absolute atomic E-state index is 0.0546. The van der Waals surface area contributed by atoms with Crippen LogP contribution in [0.2, 0.25) is 0 Å². The first-order chi connectivity index (χ1) is 12.1. The number of rotatable bonds is 3. The van der Waals surface area contributed by atoms with Gasteiger partial charge in [0.15, 0.2) is 0 Å². The van der Waals surface area contributed by atoms with E-state index in [2.05, 4.69) is 4.98 Å². The first kappa shape index (κ1) is 15.7. The number of aromatic nitrogens is 2. The van der Waals surface area contributed by atoms with Crippen LogP contribution in [0.1, 0.15) is 0 Å². The van der Waals surface area contributed by atoms with Crippen LogP contribution >= 0.6 is 11.3 Å². The van der Waals surface area contributed by atoms with Gasteiger partial charge in [0, 0.05) is 29.9 Å². The Morgan fingerprint density at radius 1 is 1.12 bits per heavy atom. The average molecular weight is 351 g/mol. The summed E-state index contributed by atoms with van der Waals surface area (Å²) in [6.45, 7) is 0. The Kier molecular flexibility index (Phi) is 3.69. The van der Waals surface area contributed by atoms with Crippen LogP contribution in [0.3, 0.4) is 0 Å². The standard InChI is InChI=1S/C19H17N3O2S/c1-21(2)14-5-4-6-15-16(14)17-18(25-15)19(23)22(11-20-17)12-7-9-13(24-3)10-8-12/h4-11H,1-3H3. The normalized spacial score (nSPS) is 11.2. The van der Waals surface area contributed by atoms with E-state index in [1.165, 1.54) is 11.3 Å². The van der Waals surface area contributed by atoms with E-state index in [1.807, 2.05) is 61.5 Å². The van der Waals surface area contributed by atoms with Gasteiger partial charge in [-0.2, -0.15) is 0 Å². The average Bonchev–Trinajstić information content (AvgIpc) is 3.02. The van der Waals surface area contributed by atoms with Gasteiger partial charge in [-0.05, 0) is 36.4 Å². The predicted octanol–water partition coefficient (Wildman–Crippen LogP) is 3.68. The Labute approximate surface area is 148 Å². The highest BCUT2D eigenvalue weighted by Crippen LogP contribution is 2.36. The molecule has 0 fully saturated rings. The molecule has 0 bridgehead atoms. The van der Waals surface area contributed by atoms with Crippen molar-refractivity contribution in [3.05, 3.63) is 59.1 Å². The van der Waals surface area contributed by atoms with E-state index < -0.39 is 0 Å². The topological polar surface area (TPSA) is 47.4 Å². The zero-order chi connectivity index (χ0) is 17.6. The molecule has 0 aliphatic rings. The van der Waals surface area contributed by atoms with Gasteiger partial charge in [-0.1, -0.05) is 6.07 Å². The van der Waals surface area contributed by atoms with Crippen LogP contribution in [0.25, 0.3) is 26.0 Å². The summed E-state index contributed by atoms with van der Waals surface area (Å²) in [5, 5.41) is 1.03. The molecule has 5 nitrogen and oxygen atoms in total. The summed E-state index contributed by atoms with van der Waals surface area (Å²) in [5.74, 6) is 0.753. The van der Waals surface area contributed by atoms with Crippen molar-refractivity contribution in [2.45, 2.75) is 0 Å². The van der Waals surface area contributed by atoms with E-state index in [0.717, 1.165) is 32.7 Å². The van der Waals surface area contributed by atoms with Gasteiger partial charge in [0.05, 0.1) is 18.3 Å². The molecule has 6 heteroatoms. The molecule has 2 heterocycles. The number of methoxy groups -OCH3 is 1. The SMILES string of the molecule is COc1ccc(-n2cnc3c(sc4cccc(N(C)C)c43)c2=O)cc1. The van der Waals surface area contributed by atoms with E-state index in [0.29, 0.717) is 4.70 Å². The Morgan fingerprint density at radius 3 is 2.56 bits per heavy atom. The predicted molar refractivity (Wildman–Crippen MR) is 104 cm³/mol. The molecule has 0 spiro atoms. The second kappa shape index (κ2) is 5.89. The third-order valence-corrected chi connectivity index (χ3v) is 5.35. The zero-order valence-electron chi connectivity index (χ0n) is 14.2. The number of nitrogens with zero attached hydrogens (tertiary/aromatic N) is 3. The zero-order valence-corrected chi connectivity index (χ0v) is 15.0. The van der Waals surface area contributed by atoms with Crippen LogP contribution in [0.15, 0.2) is 53.6 Å². The molecule has 0 aliphatic heterocycles. The van der Waals surface area contributed by atoms with Crippen LogP contribution in [0.5, 0.6) is 5.75 Å². The highest BCUT2D eigenvalue weighted by atomic mass is 32.1. The third kappa shape index (κ3) is 2.46. The van der Waals surface area contributed by atoms with Crippen LogP contribution < -0.4 is 15.2 Å². The van der Waals surface area contributed by atoms with Gasteiger partial charge in [-0.3, -0.25) is 9.36 Å². The fraction of sp³-hybridized carbons (Fsp3) is 0.158. The van der Waals surface area contributed by atoms with Crippen LogP contribution in [-0.4, -0.2) is 30.8 Å².